The van der Waals surface area contributed by atoms with Crippen LogP contribution in [0, 0.1) is 0 Å². The van der Waals surface area contributed by atoms with Crippen molar-refractivity contribution in [3.8, 4) is 0 Å². The molecule has 2 unspecified atom stereocenters. The fourth-order valence-corrected chi connectivity index (χ4v) is 3.02. The van der Waals surface area contributed by atoms with Crippen molar-refractivity contribution >= 4 is 11.8 Å². The number of aliphatic hydroxyl groups excluding tert-OH is 5. The largest absolute Gasteiger partial charge is 0.475 e. The third-order valence-corrected chi connectivity index (χ3v) is 4.64. The molecule has 1 aliphatic carbocycles. The Balaban J connectivity index is 2.07. The first-order chi connectivity index (χ1) is 12.0. The van der Waals surface area contributed by atoms with Gasteiger partial charge in [0.1, 0.15) is 36.6 Å². The minimum Gasteiger partial charge on any atom is -0.475 e. The van der Waals surface area contributed by atoms with Crippen LogP contribution in [0.15, 0.2) is 4.99 Å². The predicted molar refractivity (Wildman–Crippen MR) is 84.9 cm³/mol. The first kappa shape index (κ1) is 20.9. The summed E-state index contributed by atoms with van der Waals surface area (Å²) < 4.78 is 11.0. The van der Waals surface area contributed by atoms with Crippen molar-refractivity contribution in [2.45, 2.75) is 74.4 Å². The number of ether oxygens (including phenoxy) is 2. The molecule has 1 saturated heterocycles. The molecule has 0 radical (unpaired) electrons. The van der Waals surface area contributed by atoms with Gasteiger partial charge in [-0.05, 0) is 13.3 Å². The van der Waals surface area contributed by atoms with Gasteiger partial charge < -0.3 is 51.6 Å². The Hall–Kier alpha value is -1.38. The lowest BCUT2D eigenvalue weighted by atomic mass is 9.84. The molecule has 2 fully saturated rings. The second-order valence-electron chi connectivity index (χ2n) is 6.55. The SMILES string of the molecule is C[C@H]1O[C@H](OC2[C@@H](O)[C@H](O)C(O)[C@@H](O)[C@H]2O)[C@@H](N)C[C@@H]1N=C(N)C(=O)O. The minimum absolute atomic E-state index is 0.145. The van der Waals surface area contributed by atoms with Gasteiger partial charge >= 0.3 is 5.97 Å². The Morgan fingerprint density at radius 3 is 2.08 bits per heavy atom. The van der Waals surface area contributed by atoms with E-state index < -0.39 is 72.9 Å². The van der Waals surface area contributed by atoms with Crippen molar-refractivity contribution in [1.29, 1.82) is 0 Å². The highest BCUT2D eigenvalue weighted by molar-refractivity contribution is 6.33. The number of aliphatic carboxylic acids is 1. The summed E-state index contributed by atoms with van der Waals surface area (Å²) in [6, 6.07) is -1.46. The fourth-order valence-electron chi connectivity index (χ4n) is 3.02. The number of aliphatic imine (C=N–C) groups is 1. The molecule has 10 N–H and O–H groups in total. The zero-order chi connectivity index (χ0) is 19.8. The lowest BCUT2D eigenvalue weighted by Gasteiger charge is -2.45. The maximum Gasteiger partial charge on any atom is 0.370 e. The van der Waals surface area contributed by atoms with Crippen LogP contribution in [-0.2, 0) is 14.3 Å². The fraction of sp³-hybridized carbons (Fsp3) is 0.857. The molecule has 10 atom stereocenters. The van der Waals surface area contributed by atoms with Gasteiger partial charge in [-0.1, -0.05) is 0 Å². The predicted octanol–water partition coefficient (Wildman–Crippen LogP) is -4.54. The van der Waals surface area contributed by atoms with E-state index in [2.05, 4.69) is 4.99 Å². The molecule has 0 amide bonds. The molecule has 0 aromatic rings. The van der Waals surface area contributed by atoms with Gasteiger partial charge in [-0.2, -0.15) is 0 Å². The summed E-state index contributed by atoms with van der Waals surface area (Å²) in [5.41, 5.74) is 11.2. The van der Waals surface area contributed by atoms with Gasteiger partial charge in [-0.15, -0.1) is 0 Å². The molecule has 26 heavy (non-hydrogen) atoms. The molecule has 12 nitrogen and oxygen atoms in total. The second kappa shape index (κ2) is 8.10. The number of carboxylic acid groups (broad SMARTS) is 1. The summed E-state index contributed by atoms with van der Waals surface area (Å²) in [5.74, 6) is -1.96. The van der Waals surface area contributed by atoms with Crippen LogP contribution >= 0.6 is 0 Å². The lowest BCUT2D eigenvalue weighted by molar-refractivity contribution is -0.293. The van der Waals surface area contributed by atoms with Crippen LogP contribution in [0.3, 0.4) is 0 Å². The number of carboxylic acids is 1. The van der Waals surface area contributed by atoms with Gasteiger partial charge in [0.15, 0.2) is 6.29 Å². The molecule has 2 rings (SSSR count). The quantitative estimate of drug-likeness (QED) is 0.172. The number of amidine groups is 1. The Kier molecular flexibility index (Phi) is 6.52. The molecule has 0 aromatic heterocycles. The van der Waals surface area contributed by atoms with Crippen LogP contribution in [0.1, 0.15) is 13.3 Å². The maximum absolute atomic E-state index is 10.8. The molecule has 1 saturated carbocycles. The van der Waals surface area contributed by atoms with Crippen LogP contribution in [0.25, 0.3) is 0 Å². The molecule has 0 spiro atoms. The van der Waals surface area contributed by atoms with Crippen molar-refractivity contribution in [2.75, 3.05) is 0 Å². The summed E-state index contributed by atoms with van der Waals surface area (Å²) in [6.07, 6.45) is -11.7. The number of nitrogens with zero attached hydrogens (tertiary/aromatic N) is 1. The van der Waals surface area contributed by atoms with Crippen molar-refractivity contribution in [1.82, 2.24) is 0 Å². The average Bonchev–Trinajstić information content (AvgIpc) is 2.58. The van der Waals surface area contributed by atoms with E-state index in [0.29, 0.717) is 0 Å². The summed E-state index contributed by atoms with van der Waals surface area (Å²) in [7, 11) is 0. The highest BCUT2D eigenvalue weighted by Gasteiger charge is 2.50. The van der Waals surface area contributed by atoms with Crippen molar-refractivity contribution in [2.24, 2.45) is 16.5 Å². The zero-order valence-electron chi connectivity index (χ0n) is 14.0. The number of hydrogen-bond donors (Lipinski definition) is 8. The molecular formula is C14H25N3O9. The monoisotopic (exact) mass is 379 g/mol. The molecule has 0 bridgehead atoms. The van der Waals surface area contributed by atoms with Crippen LogP contribution in [0.5, 0.6) is 0 Å². The average molecular weight is 379 g/mol. The molecule has 1 aliphatic heterocycles. The number of hydrogen-bond acceptors (Lipinski definition) is 10. The molecule has 1 heterocycles. The van der Waals surface area contributed by atoms with Crippen LogP contribution < -0.4 is 11.5 Å². The van der Waals surface area contributed by atoms with Gasteiger partial charge in [-0.25, -0.2) is 4.79 Å². The van der Waals surface area contributed by atoms with Gasteiger partial charge in [0, 0.05) is 0 Å². The summed E-state index contributed by atoms with van der Waals surface area (Å²) in [6.45, 7) is 1.59. The highest BCUT2D eigenvalue weighted by atomic mass is 16.7. The number of nitrogens with two attached hydrogens (primary N) is 2. The summed E-state index contributed by atoms with van der Waals surface area (Å²) >= 11 is 0. The van der Waals surface area contributed by atoms with Crippen LogP contribution in [-0.4, -0.2) is 104 Å². The van der Waals surface area contributed by atoms with E-state index in [-0.39, 0.29) is 6.42 Å². The Morgan fingerprint density at radius 2 is 1.58 bits per heavy atom. The Bertz CT molecular complexity index is 532. The number of carbonyl (C=O) groups is 1. The molecule has 150 valence electrons. The lowest BCUT2D eigenvalue weighted by Crippen LogP contribution is -2.66. The van der Waals surface area contributed by atoms with E-state index in [1.54, 1.807) is 6.92 Å². The van der Waals surface area contributed by atoms with E-state index in [0.717, 1.165) is 0 Å². The van der Waals surface area contributed by atoms with Gasteiger partial charge in [0.05, 0.1) is 18.2 Å². The van der Waals surface area contributed by atoms with E-state index in [1.165, 1.54) is 0 Å². The summed E-state index contributed by atoms with van der Waals surface area (Å²) in [4.78, 5) is 14.6. The summed E-state index contributed by atoms with van der Waals surface area (Å²) in [5, 5.41) is 57.8. The van der Waals surface area contributed by atoms with Crippen molar-refractivity contribution in [3.63, 3.8) is 0 Å². The van der Waals surface area contributed by atoms with E-state index >= 15 is 0 Å². The zero-order valence-corrected chi connectivity index (χ0v) is 14.0. The van der Waals surface area contributed by atoms with Crippen molar-refractivity contribution in [3.05, 3.63) is 0 Å². The van der Waals surface area contributed by atoms with Crippen molar-refractivity contribution < 1.29 is 44.9 Å². The first-order valence-electron chi connectivity index (χ1n) is 8.08. The van der Waals surface area contributed by atoms with E-state index in [1.807, 2.05) is 0 Å². The van der Waals surface area contributed by atoms with E-state index in [4.69, 9.17) is 26.0 Å². The standard InChI is InChI=1S/C14H25N3O9/c1-3-5(17-12(16)13(23)24)2-4(15)14(25-3)26-11-9(21)7(19)6(18)8(20)10(11)22/h3-11,14,18-22H,2,15H2,1H3,(H2,16,17)(H,23,24)/t3-,4+,5+,6?,7-,8-,9-,10+,11?,14-/m1/s1. The molecule has 2 aliphatic rings. The first-order valence-corrected chi connectivity index (χ1v) is 8.08. The Labute approximate surface area is 148 Å². The van der Waals surface area contributed by atoms with Gasteiger partial charge in [0.2, 0.25) is 5.84 Å². The number of rotatable bonds is 3. The maximum atomic E-state index is 10.8. The third-order valence-electron chi connectivity index (χ3n) is 4.64. The smallest absolute Gasteiger partial charge is 0.370 e. The van der Waals surface area contributed by atoms with Crippen LogP contribution in [0.4, 0.5) is 0 Å². The topological polar surface area (TPSA) is 221 Å². The molecular weight excluding hydrogens is 354 g/mol. The van der Waals surface area contributed by atoms with Gasteiger partial charge in [-0.3, -0.25) is 4.99 Å². The highest BCUT2D eigenvalue weighted by Crippen LogP contribution is 2.29. The third kappa shape index (κ3) is 4.13. The molecule has 12 heteroatoms. The van der Waals surface area contributed by atoms with Gasteiger partial charge in [0.25, 0.3) is 0 Å². The normalized spacial score (nSPS) is 47.6. The number of aliphatic hydroxyl groups is 5. The second-order valence-corrected chi connectivity index (χ2v) is 6.55. The van der Waals surface area contributed by atoms with E-state index in [9.17, 15) is 30.3 Å². The van der Waals surface area contributed by atoms with Crippen LogP contribution in [0.2, 0.25) is 0 Å². The minimum atomic E-state index is -1.74. The molecule has 0 aromatic carbocycles. The Morgan fingerprint density at radius 1 is 1.08 bits per heavy atom.